The maximum atomic E-state index is 12.4. The van der Waals surface area contributed by atoms with Gasteiger partial charge in [-0.1, -0.05) is 38.5 Å². The SMILES string of the molecule is CC1CC2(NC(=O)OCOC(=O)c3ccccc3)CC3CCC1C(C)(C3)C2. The van der Waals surface area contributed by atoms with Crippen molar-refractivity contribution in [2.24, 2.45) is 23.2 Å². The van der Waals surface area contributed by atoms with Gasteiger partial charge in [-0.05, 0) is 67.4 Å². The number of alkyl carbamates (subject to hydrolysis) is 1. The van der Waals surface area contributed by atoms with Crippen LogP contribution in [0.25, 0.3) is 0 Å². The van der Waals surface area contributed by atoms with Gasteiger partial charge in [0.1, 0.15) is 0 Å². The van der Waals surface area contributed by atoms with Crippen LogP contribution in [0.5, 0.6) is 0 Å². The number of carbonyl (C=O) groups excluding carboxylic acids is 2. The van der Waals surface area contributed by atoms with Crippen LogP contribution in [-0.4, -0.2) is 24.4 Å². The summed E-state index contributed by atoms with van der Waals surface area (Å²) in [5.74, 6) is 1.59. The van der Waals surface area contributed by atoms with Crippen LogP contribution in [0.2, 0.25) is 0 Å². The average Bonchev–Trinajstić information content (AvgIpc) is 2.60. The number of fused-ring (bicyclic) bond motifs is 2. The molecule has 1 aromatic rings. The summed E-state index contributed by atoms with van der Waals surface area (Å²) >= 11 is 0. The number of rotatable bonds is 4. The molecule has 0 aliphatic heterocycles. The molecule has 3 aliphatic carbocycles. The summed E-state index contributed by atoms with van der Waals surface area (Å²) in [6, 6.07) is 8.70. The summed E-state index contributed by atoms with van der Waals surface area (Å²) < 4.78 is 10.2. The summed E-state index contributed by atoms with van der Waals surface area (Å²) in [6.07, 6.45) is 6.50. The summed E-state index contributed by atoms with van der Waals surface area (Å²) in [4.78, 5) is 24.3. The Morgan fingerprint density at radius 2 is 1.89 bits per heavy atom. The Balaban J connectivity index is 1.33. The number of esters is 1. The second-order valence-electron chi connectivity index (χ2n) is 9.22. The van der Waals surface area contributed by atoms with Gasteiger partial charge in [-0.25, -0.2) is 9.59 Å². The van der Waals surface area contributed by atoms with Gasteiger partial charge in [-0.3, -0.25) is 0 Å². The molecular weight excluding hydrogens is 342 g/mol. The minimum absolute atomic E-state index is 0.172. The van der Waals surface area contributed by atoms with Crippen LogP contribution in [0.3, 0.4) is 0 Å². The van der Waals surface area contributed by atoms with Gasteiger partial charge in [-0.2, -0.15) is 0 Å². The van der Waals surface area contributed by atoms with Crippen molar-refractivity contribution in [3.8, 4) is 0 Å². The first kappa shape index (κ1) is 18.3. The van der Waals surface area contributed by atoms with Crippen LogP contribution in [0.1, 0.15) is 62.7 Å². The molecule has 3 saturated carbocycles. The van der Waals surface area contributed by atoms with Gasteiger partial charge in [0.25, 0.3) is 0 Å². The number of ether oxygens (including phenoxy) is 2. The number of hydrogen-bond donors (Lipinski definition) is 1. The normalized spacial score (nSPS) is 36.7. The fourth-order valence-electron chi connectivity index (χ4n) is 6.53. The van der Waals surface area contributed by atoms with Crippen molar-refractivity contribution in [1.29, 1.82) is 0 Å². The lowest BCUT2D eigenvalue weighted by Gasteiger charge is -2.62. The van der Waals surface area contributed by atoms with Gasteiger partial charge in [0, 0.05) is 5.54 Å². The molecule has 5 unspecified atom stereocenters. The zero-order chi connectivity index (χ0) is 19.1. The number of nitrogens with one attached hydrogen (secondary N) is 1. The Morgan fingerprint density at radius 1 is 1.11 bits per heavy atom. The molecule has 5 atom stereocenters. The summed E-state index contributed by atoms with van der Waals surface area (Å²) in [5.41, 5.74) is 0.598. The van der Waals surface area contributed by atoms with Crippen LogP contribution in [0.4, 0.5) is 4.79 Å². The van der Waals surface area contributed by atoms with E-state index in [0.717, 1.165) is 25.2 Å². The van der Waals surface area contributed by atoms with E-state index >= 15 is 0 Å². The van der Waals surface area contributed by atoms with Crippen molar-refractivity contribution >= 4 is 12.1 Å². The summed E-state index contributed by atoms with van der Waals surface area (Å²) in [7, 11) is 0. The van der Waals surface area contributed by atoms with Crippen LogP contribution in [0, 0.1) is 23.2 Å². The van der Waals surface area contributed by atoms with Crippen molar-refractivity contribution in [1.82, 2.24) is 5.32 Å². The lowest BCUT2D eigenvalue weighted by Crippen LogP contribution is -2.63. The highest BCUT2D eigenvalue weighted by Crippen LogP contribution is 2.62. The van der Waals surface area contributed by atoms with E-state index in [4.69, 9.17) is 9.47 Å². The molecule has 0 saturated heterocycles. The van der Waals surface area contributed by atoms with Crippen molar-refractivity contribution in [2.45, 2.75) is 57.9 Å². The molecule has 0 spiro atoms. The van der Waals surface area contributed by atoms with Crippen molar-refractivity contribution < 1.29 is 19.1 Å². The zero-order valence-corrected chi connectivity index (χ0v) is 16.2. The highest BCUT2D eigenvalue weighted by atomic mass is 16.7. The van der Waals surface area contributed by atoms with E-state index in [1.807, 2.05) is 6.07 Å². The summed E-state index contributed by atoms with van der Waals surface area (Å²) in [6.45, 7) is 4.37. The maximum absolute atomic E-state index is 12.4. The zero-order valence-electron chi connectivity index (χ0n) is 16.2. The molecule has 5 nitrogen and oxygen atoms in total. The minimum Gasteiger partial charge on any atom is -0.424 e. The predicted octanol–water partition coefficient (Wildman–Crippen LogP) is 4.52. The van der Waals surface area contributed by atoms with Crippen molar-refractivity contribution in [2.75, 3.05) is 6.79 Å². The number of amides is 1. The molecule has 1 amide bonds. The van der Waals surface area contributed by atoms with Gasteiger partial charge in [0.05, 0.1) is 5.56 Å². The molecule has 146 valence electrons. The monoisotopic (exact) mass is 371 g/mol. The lowest BCUT2D eigenvalue weighted by atomic mass is 9.45. The molecule has 27 heavy (non-hydrogen) atoms. The van der Waals surface area contributed by atoms with E-state index in [-0.39, 0.29) is 12.3 Å². The topological polar surface area (TPSA) is 64.6 Å². The standard InChI is InChI=1S/C22H29NO4/c1-15-10-22(12-16-8-9-18(15)21(2,11-16)13-22)23-20(25)27-14-26-19(24)17-6-4-3-5-7-17/h3-7,15-16,18H,8-14H2,1-2H3,(H,23,25). The Bertz CT molecular complexity index is 716. The van der Waals surface area contributed by atoms with E-state index in [0.29, 0.717) is 22.8 Å². The molecule has 0 radical (unpaired) electrons. The highest BCUT2D eigenvalue weighted by molar-refractivity contribution is 5.89. The van der Waals surface area contributed by atoms with Gasteiger partial charge in [0.2, 0.25) is 6.79 Å². The van der Waals surface area contributed by atoms with Crippen molar-refractivity contribution in [3.63, 3.8) is 0 Å². The third-order valence-corrected chi connectivity index (χ3v) is 7.11. The Kier molecular flexibility index (Phi) is 4.65. The van der Waals surface area contributed by atoms with E-state index in [9.17, 15) is 9.59 Å². The van der Waals surface area contributed by atoms with Gasteiger partial charge in [0.15, 0.2) is 0 Å². The molecule has 1 aromatic carbocycles. The molecule has 3 fully saturated rings. The summed E-state index contributed by atoms with van der Waals surface area (Å²) in [5, 5.41) is 3.17. The van der Waals surface area contributed by atoms with Gasteiger partial charge >= 0.3 is 12.1 Å². The van der Waals surface area contributed by atoms with Crippen LogP contribution < -0.4 is 5.32 Å². The Morgan fingerprint density at radius 3 is 2.67 bits per heavy atom. The second-order valence-corrected chi connectivity index (χ2v) is 9.22. The average molecular weight is 371 g/mol. The first-order chi connectivity index (χ1) is 12.9. The number of carbonyl (C=O) groups is 2. The fraction of sp³-hybridized carbons (Fsp3) is 0.636. The van der Waals surface area contributed by atoms with Crippen molar-refractivity contribution in [3.05, 3.63) is 35.9 Å². The fourth-order valence-corrected chi connectivity index (χ4v) is 6.53. The van der Waals surface area contributed by atoms with E-state index in [2.05, 4.69) is 19.2 Å². The number of hydrogen-bond acceptors (Lipinski definition) is 4. The van der Waals surface area contributed by atoms with Crippen LogP contribution in [0.15, 0.2) is 30.3 Å². The van der Waals surface area contributed by atoms with E-state index in [1.165, 1.54) is 19.3 Å². The molecule has 3 bridgehead atoms. The Labute approximate surface area is 160 Å². The quantitative estimate of drug-likeness (QED) is 0.624. The molecule has 5 heteroatoms. The third kappa shape index (κ3) is 3.56. The predicted molar refractivity (Wildman–Crippen MR) is 101 cm³/mol. The highest BCUT2D eigenvalue weighted by Gasteiger charge is 2.58. The second kappa shape index (κ2) is 6.84. The van der Waals surface area contributed by atoms with E-state index in [1.54, 1.807) is 24.3 Å². The lowest BCUT2D eigenvalue weighted by molar-refractivity contribution is -0.0971. The molecule has 0 aromatic heterocycles. The molecule has 4 rings (SSSR count). The largest absolute Gasteiger partial charge is 0.424 e. The van der Waals surface area contributed by atoms with Crippen LogP contribution >= 0.6 is 0 Å². The van der Waals surface area contributed by atoms with Gasteiger partial charge in [-0.15, -0.1) is 0 Å². The maximum Gasteiger partial charge on any atom is 0.410 e. The molecule has 1 N–H and O–H groups in total. The first-order valence-electron chi connectivity index (χ1n) is 10.1. The first-order valence-corrected chi connectivity index (χ1v) is 10.1. The molecular formula is C22H29NO4. The molecule has 3 aliphatic rings. The number of benzene rings is 1. The third-order valence-electron chi connectivity index (χ3n) is 7.11. The minimum atomic E-state index is -0.490. The van der Waals surface area contributed by atoms with Gasteiger partial charge < -0.3 is 14.8 Å². The smallest absolute Gasteiger partial charge is 0.410 e. The van der Waals surface area contributed by atoms with E-state index < -0.39 is 12.1 Å². The molecule has 0 heterocycles. The van der Waals surface area contributed by atoms with Crippen LogP contribution in [-0.2, 0) is 9.47 Å². The Hall–Kier alpha value is -2.04.